The van der Waals surface area contributed by atoms with Gasteiger partial charge in [0.1, 0.15) is 0 Å². The van der Waals surface area contributed by atoms with E-state index >= 15 is 0 Å². The SMILES string of the molecule is CC(C)(C)C(C)(O)Cc1ccc(Br)s1. The highest BCUT2D eigenvalue weighted by Gasteiger charge is 2.35. The predicted molar refractivity (Wildman–Crippen MR) is 65.8 cm³/mol. The van der Waals surface area contributed by atoms with E-state index in [1.54, 1.807) is 11.3 Å². The maximum absolute atomic E-state index is 10.3. The summed E-state index contributed by atoms with van der Waals surface area (Å²) in [5.41, 5.74) is -0.749. The van der Waals surface area contributed by atoms with Gasteiger partial charge in [-0.1, -0.05) is 20.8 Å². The average Bonchev–Trinajstić information content (AvgIpc) is 2.31. The molecule has 0 saturated carbocycles. The molecular weight excluding hydrogens is 260 g/mol. The van der Waals surface area contributed by atoms with Crippen LogP contribution in [0.1, 0.15) is 32.6 Å². The first-order chi connectivity index (χ1) is 6.22. The molecule has 0 aliphatic heterocycles. The second-order valence-corrected chi connectivity index (χ2v) is 7.45. The smallest absolute Gasteiger partial charge is 0.0715 e. The van der Waals surface area contributed by atoms with Crippen molar-refractivity contribution in [1.29, 1.82) is 0 Å². The van der Waals surface area contributed by atoms with Gasteiger partial charge >= 0.3 is 0 Å². The van der Waals surface area contributed by atoms with E-state index in [1.165, 1.54) is 4.88 Å². The molecule has 0 saturated heterocycles. The largest absolute Gasteiger partial charge is 0.389 e. The van der Waals surface area contributed by atoms with Crippen LogP contribution in [0.3, 0.4) is 0 Å². The third kappa shape index (κ3) is 2.81. The molecule has 1 aromatic heterocycles. The van der Waals surface area contributed by atoms with Crippen LogP contribution >= 0.6 is 27.3 Å². The number of hydrogen-bond donors (Lipinski definition) is 1. The number of aliphatic hydroxyl groups is 1. The summed E-state index contributed by atoms with van der Waals surface area (Å²) < 4.78 is 1.12. The second kappa shape index (κ2) is 3.95. The Hall–Kier alpha value is 0.140. The Labute approximate surface area is 98.3 Å². The van der Waals surface area contributed by atoms with Crippen molar-refractivity contribution in [1.82, 2.24) is 0 Å². The average molecular weight is 277 g/mol. The molecule has 1 heterocycles. The molecule has 0 aliphatic rings. The molecule has 1 aromatic rings. The zero-order valence-electron chi connectivity index (χ0n) is 9.10. The Kier molecular flexibility index (Phi) is 3.45. The Morgan fingerprint density at radius 3 is 2.21 bits per heavy atom. The van der Waals surface area contributed by atoms with Gasteiger partial charge < -0.3 is 5.11 Å². The van der Waals surface area contributed by atoms with Crippen LogP contribution in [-0.4, -0.2) is 10.7 Å². The van der Waals surface area contributed by atoms with Gasteiger partial charge in [0, 0.05) is 11.3 Å². The summed E-state index contributed by atoms with van der Waals surface area (Å²) >= 11 is 5.11. The molecule has 0 bridgehead atoms. The highest BCUT2D eigenvalue weighted by molar-refractivity contribution is 9.11. The van der Waals surface area contributed by atoms with Crippen molar-refractivity contribution in [2.24, 2.45) is 5.41 Å². The fraction of sp³-hybridized carbons (Fsp3) is 0.636. The first kappa shape index (κ1) is 12.2. The van der Waals surface area contributed by atoms with Crippen molar-refractivity contribution in [3.05, 3.63) is 20.8 Å². The minimum atomic E-state index is -0.655. The lowest BCUT2D eigenvalue weighted by Crippen LogP contribution is -2.41. The zero-order chi connectivity index (χ0) is 11.0. The summed E-state index contributed by atoms with van der Waals surface area (Å²) in [7, 11) is 0. The lowest BCUT2D eigenvalue weighted by molar-refractivity contribution is -0.0399. The Morgan fingerprint density at radius 2 is 1.86 bits per heavy atom. The van der Waals surface area contributed by atoms with Gasteiger partial charge in [-0.15, -0.1) is 11.3 Å². The number of halogens is 1. The Balaban J connectivity index is 2.78. The minimum absolute atomic E-state index is 0.0938. The van der Waals surface area contributed by atoms with Crippen molar-refractivity contribution >= 4 is 27.3 Å². The van der Waals surface area contributed by atoms with E-state index in [0.717, 1.165) is 3.79 Å². The molecule has 1 N–H and O–H groups in total. The fourth-order valence-corrected chi connectivity index (χ4v) is 2.68. The van der Waals surface area contributed by atoms with E-state index in [0.29, 0.717) is 6.42 Å². The standard InChI is InChI=1S/C11H17BrOS/c1-10(2,3)11(4,13)7-8-5-6-9(12)14-8/h5-6,13H,7H2,1-4H3. The predicted octanol–water partition coefficient (Wildman–Crippen LogP) is 3.85. The molecule has 0 spiro atoms. The molecule has 0 amide bonds. The zero-order valence-corrected chi connectivity index (χ0v) is 11.5. The molecule has 1 atom stereocenters. The highest BCUT2D eigenvalue weighted by Crippen LogP contribution is 2.35. The van der Waals surface area contributed by atoms with Crippen LogP contribution in [0.5, 0.6) is 0 Å². The van der Waals surface area contributed by atoms with E-state index in [-0.39, 0.29) is 5.41 Å². The lowest BCUT2D eigenvalue weighted by Gasteiger charge is -2.36. The molecule has 14 heavy (non-hydrogen) atoms. The Morgan fingerprint density at radius 1 is 1.29 bits per heavy atom. The van der Waals surface area contributed by atoms with Crippen molar-refractivity contribution in [2.45, 2.75) is 39.7 Å². The van der Waals surface area contributed by atoms with Crippen molar-refractivity contribution in [3.8, 4) is 0 Å². The van der Waals surface area contributed by atoms with Gasteiger partial charge in [-0.05, 0) is 40.4 Å². The van der Waals surface area contributed by atoms with E-state index in [9.17, 15) is 5.11 Å². The number of hydrogen-bond acceptors (Lipinski definition) is 2. The third-order valence-electron chi connectivity index (χ3n) is 2.76. The maximum atomic E-state index is 10.3. The minimum Gasteiger partial charge on any atom is -0.389 e. The fourth-order valence-electron chi connectivity index (χ4n) is 1.05. The number of rotatable bonds is 2. The van der Waals surface area contributed by atoms with Crippen molar-refractivity contribution in [2.75, 3.05) is 0 Å². The Bertz CT molecular complexity index is 309. The van der Waals surface area contributed by atoms with Crippen LogP contribution in [0, 0.1) is 5.41 Å². The monoisotopic (exact) mass is 276 g/mol. The van der Waals surface area contributed by atoms with E-state index in [2.05, 4.69) is 42.8 Å². The third-order valence-corrected chi connectivity index (χ3v) is 4.39. The topological polar surface area (TPSA) is 20.2 Å². The summed E-state index contributed by atoms with van der Waals surface area (Å²) in [6.45, 7) is 8.10. The van der Waals surface area contributed by atoms with E-state index in [1.807, 2.05) is 13.0 Å². The maximum Gasteiger partial charge on any atom is 0.0715 e. The van der Waals surface area contributed by atoms with E-state index < -0.39 is 5.60 Å². The molecule has 1 unspecified atom stereocenters. The summed E-state index contributed by atoms with van der Waals surface area (Å²) in [6.07, 6.45) is 0.715. The molecule has 80 valence electrons. The molecule has 3 heteroatoms. The quantitative estimate of drug-likeness (QED) is 0.870. The molecule has 0 aromatic carbocycles. The van der Waals surface area contributed by atoms with Gasteiger partial charge in [0.25, 0.3) is 0 Å². The summed E-state index contributed by atoms with van der Waals surface area (Å²) in [6, 6.07) is 4.09. The van der Waals surface area contributed by atoms with Crippen molar-refractivity contribution < 1.29 is 5.11 Å². The summed E-state index contributed by atoms with van der Waals surface area (Å²) in [5.74, 6) is 0. The lowest BCUT2D eigenvalue weighted by atomic mass is 9.75. The first-order valence-electron chi connectivity index (χ1n) is 4.69. The van der Waals surface area contributed by atoms with Crippen LogP contribution in [0.4, 0.5) is 0 Å². The molecule has 1 nitrogen and oxygen atoms in total. The van der Waals surface area contributed by atoms with Gasteiger partial charge in [0.2, 0.25) is 0 Å². The normalized spacial score (nSPS) is 16.7. The van der Waals surface area contributed by atoms with Gasteiger partial charge in [0.15, 0.2) is 0 Å². The van der Waals surface area contributed by atoms with Crippen LogP contribution in [0.25, 0.3) is 0 Å². The van der Waals surface area contributed by atoms with Crippen molar-refractivity contribution in [3.63, 3.8) is 0 Å². The summed E-state index contributed by atoms with van der Waals surface area (Å²) in [5, 5.41) is 10.3. The molecule has 1 rings (SSSR count). The van der Waals surface area contributed by atoms with Crippen LogP contribution in [-0.2, 0) is 6.42 Å². The van der Waals surface area contributed by atoms with Gasteiger partial charge in [-0.25, -0.2) is 0 Å². The van der Waals surface area contributed by atoms with Gasteiger partial charge in [-0.2, -0.15) is 0 Å². The highest BCUT2D eigenvalue weighted by atomic mass is 79.9. The van der Waals surface area contributed by atoms with Crippen LogP contribution in [0.15, 0.2) is 15.9 Å². The second-order valence-electron chi connectivity index (χ2n) is 4.91. The summed E-state index contributed by atoms with van der Waals surface area (Å²) in [4.78, 5) is 1.22. The van der Waals surface area contributed by atoms with Crippen LogP contribution < -0.4 is 0 Å². The molecule has 0 radical (unpaired) electrons. The van der Waals surface area contributed by atoms with E-state index in [4.69, 9.17) is 0 Å². The van der Waals surface area contributed by atoms with Gasteiger partial charge in [-0.3, -0.25) is 0 Å². The molecular formula is C11H17BrOS. The molecule has 0 fully saturated rings. The van der Waals surface area contributed by atoms with Gasteiger partial charge in [0.05, 0.1) is 9.39 Å². The number of thiophene rings is 1. The first-order valence-corrected chi connectivity index (χ1v) is 6.30. The molecule has 0 aliphatic carbocycles. The van der Waals surface area contributed by atoms with Crippen LogP contribution in [0.2, 0.25) is 0 Å².